The zero-order chi connectivity index (χ0) is 13.7. The van der Waals surface area contributed by atoms with E-state index in [1.165, 1.54) is 0 Å². The van der Waals surface area contributed by atoms with E-state index in [-0.39, 0.29) is 5.92 Å². The lowest BCUT2D eigenvalue weighted by atomic mass is 9.93. The van der Waals surface area contributed by atoms with Gasteiger partial charge in [-0.05, 0) is 30.0 Å². The number of aliphatic hydroxyl groups is 1. The Morgan fingerprint density at radius 3 is 2.28 bits per heavy atom. The Morgan fingerprint density at radius 1 is 1.22 bits per heavy atom. The monoisotopic (exact) mass is 316 g/mol. The smallest absolute Gasteiger partial charge is 0.161 e. The molecule has 0 radical (unpaired) electrons. The third-order valence-electron chi connectivity index (χ3n) is 3.10. The van der Waals surface area contributed by atoms with Crippen molar-refractivity contribution >= 4 is 15.9 Å². The molecule has 1 aromatic rings. The summed E-state index contributed by atoms with van der Waals surface area (Å²) in [6.07, 6.45) is 1.55. The summed E-state index contributed by atoms with van der Waals surface area (Å²) in [7, 11) is 3.19. The second kappa shape index (κ2) is 7.00. The second-order valence-electron chi connectivity index (χ2n) is 4.44. The highest BCUT2D eigenvalue weighted by Crippen LogP contribution is 2.38. The first-order valence-electron chi connectivity index (χ1n) is 6.14. The second-order valence-corrected chi connectivity index (χ2v) is 5.29. The Bertz CT molecular complexity index is 393. The Hall–Kier alpha value is -0.740. The highest BCUT2D eigenvalue weighted by atomic mass is 79.9. The van der Waals surface area contributed by atoms with Gasteiger partial charge in [-0.15, -0.1) is 0 Å². The number of hydrogen-bond acceptors (Lipinski definition) is 3. The van der Waals surface area contributed by atoms with E-state index in [1.807, 2.05) is 12.1 Å². The van der Waals surface area contributed by atoms with Gasteiger partial charge in [0.25, 0.3) is 0 Å². The lowest BCUT2D eigenvalue weighted by Crippen LogP contribution is -2.10. The van der Waals surface area contributed by atoms with Gasteiger partial charge in [0.1, 0.15) is 0 Å². The van der Waals surface area contributed by atoms with Crippen LogP contribution in [0.3, 0.4) is 0 Å². The zero-order valence-corrected chi connectivity index (χ0v) is 13.0. The maximum atomic E-state index is 10.4. The summed E-state index contributed by atoms with van der Waals surface area (Å²) in [6.45, 7) is 4.17. The molecule has 0 aliphatic carbocycles. The van der Waals surface area contributed by atoms with Crippen molar-refractivity contribution < 1.29 is 14.6 Å². The summed E-state index contributed by atoms with van der Waals surface area (Å²) < 4.78 is 11.3. The molecule has 2 atom stereocenters. The molecular weight excluding hydrogens is 296 g/mol. The highest BCUT2D eigenvalue weighted by molar-refractivity contribution is 9.10. The predicted molar refractivity (Wildman–Crippen MR) is 76.3 cm³/mol. The maximum absolute atomic E-state index is 10.4. The minimum Gasteiger partial charge on any atom is -0.493 e. The van der Waals surface area contributed by atoms with Gasteiger partial charge in [-0.2, -0.15) is 0 Å². The van der Waals surface area contributed by atoms with Crippen LogP contribution in [0.2, 0.25) is 0 Å². The van der Waals surface area contributed by atoms with E-state index in [9.17, 15) is 5.11 Å². The van der Waals surface area contributed by atoms with Crippen LogP contribution in [0.25, 0.3) is 0 Å². The van der Waals surface area contributed by atoms with Gasteiger partial charge >= 0.3 is 0 Å². The van der Waals surface area contributed by atoms with Gasteiger partial charge in [0, 0.05) is 4.47 Å². The van der Waals surface area contributed by atoms with Crippen LogP contribution in [0, 0.1) is 5.92 Å². The summed E-state index contributed by atoms with van der Waals surface area (Å²) in [5.74, 6) is 1.51. The Balaban J connectivity index is 3.08. The van der Waals surface area contributed by atoms with Gasteiger partial charge in [-0.3, -0.25) is 0 Å². The minimum absolute atomic E-state index is 0.212. The van der Waals surface area contributed by atoms with Crippen molar-refractivity contribution in [3.05, 3.63) is 22.2 Å². The van der Waals surface area contributed by atoms with E-state index in [2.05, 4.69) is 29.8 Å². The summed E-state index contributed by atoms with van der Waals surface area (Å²) in [4.78, 5) is 0. The molecule has 3 nitrogen and oxygen atoms in total. The highest BCUT2D eigenvalue weighted by Gasteiger charge is 2.20. The molecule has 0 spiro atoms. The van der Waals surface area contributed by atoms with Crippen LogP contribution in [0.4, 0.5) is 0 Å². The number of hydrogen-bond donors (Lipinski definition) is 1. The van der Waals surface area contributed by atoms with Crippen LogP contribution in [-0.2, 0) is 0 Å². The topological polar surface area (TPSA) is 38.7 Å². The van der Waals surface area contributed by atoms with Crippen LogP contribution >= 0.6 is 15.9 Å². The van der Waals surface area contributed by atoms with Crippen LogP contribution in [0.5, 0.6) is 11.5 Å². The first-order valence-corrected chi connectivity index (χ1v) is 6.93. The Kier molecular flexibility index (Phi) is 5.96. The zero-order valence-electron chi connectivity index (χ0n) is 11.4. The van der Waals surface area contributed by atoms with E-state index in [0.29, 0.717) is 11.5 Å². The Labute approximate surface area is 117 Å². The first-order chi connectivity index (χ1) is 8.54. The quantitative estimate of drug-likeness (QED) is 0.864. The molecule has 1 rings (SSSR count). The molecule has 0 aliphatic rings. The number of methoxy groups -OCH3 is 2. The van der Waals surface area contributed by atoms with Crippen molar-refractivity contribution in [3.63, 3.8) is 0 Å². The molecule has 0 aliphatic heterocycles. The third-order valence-corrected chi connectivity index (χ3v) is 3.79. The molecule has 0 saturated carbocycles. The van der Waals surface area contributed by atoms with Gasteiger partial charge in [0.2, 0.25) is 0 Å². The molecule has 18 heavy (non-hydrogen) atoms. The van der Waals surface area contributed by atoms with Gasteiger partial charge < -0.3 is 14.6 Å². The number of rotatable bonds is 6. The summed E-state index contributed by atoms with van der Waals surface area (Å²) >= 11 is 3.48. The summed E-state index contributed by atoms with van der Waals surface area (Å²) in [5.41, 5.74) is 0.841. The first kappa shape index (κ1) is 15.3. The number of benzene rings is 1. The molecule has 0 heterocycles. The van der Waals surface area contributed by atoms with Gasteiger partial charge in [-0.25, -0.2) is 0 Å². The number of ether oxygens (including phenoxy) is 2. The number of halogens is 1. The van der Waals surface area contributed by atoms with Gasteiger partial charge in [-0.1, -0.05) is 36.2 Å². The molecule has 4 heteroatoms. The molecule has 1 aromatic carbocycles. The largest absolute Gasteiger partial charge is 0.493 e. The van der Waals surface area contributed by atoms with Gasteiger partial charge in [0.05, 0.1) is 20.3 Å². The Morgan fingerprint density at radius 2 is 1.78 bits per heavy atom. The molecule has 0 amide bonds. The number of aliphatic hydroxyl groups excluding tert-OH is 1. The average molecular weight is 317 g/mol. The van der Waals surface area contributed by atoms with Crippen molar-refractivity contribution in [2.75, 3.05) is 14.2 Å². The third kappa shape index (κ3) is 3.39. The summed E-state index contributed by atoms with van der Waals surface area (Å²) in [5, 5.41) is 10.4. The molecule has 0 aromatic heterocycles. The van der Waals surface area contributed by atoms with Crippen molar-refractivity contribution in [2.24, 2.45) is 5.92 Å². The maximum Gasteiger partial charge on any atom is 0.161 e. The molecule has 0 fully saturated rings. The van der Waals surface area contributed by atoms with E-state index >= 15 is 0 Å². The SMILES string of the molecule is CCCC(C)C(O)c1cc(OC)c(OC)cc1Br. The fraction of sp³-hybridized carbons (Fsp3) is 0.571. The van der Waals surface area contributed by atoms with E-state index in [4.69, 9.17) is 9.47 Å². The van der Waals surface area contributed by atoms with Crippen LogP contribution < -0.4 is 9.47 Å². The van der Waals surface area contributed by atoms with Crippen molar-refractivity contribution in [1.82, 2.24) is 0 Å². The van der Waals surface area contributed by atoms with Crippen molar-refractivity contribution in [3.8, 4) is 11.5 Å². The standard InChI is InChI=1S/C14H21BrO3/c1-5-6-9(2)14(16)10-7-12(17-3)13(18-4)8-11(10)15/h7-9,14,16H,5-6H2,1-4H3. The predicted octanol–water partition coefficient (Wildman–Crippen LogP) is 3.94. The van der Waals surface area contributed by atoms with Crippen LogP contribution in [0.1, 0.15) is 38.4 Å². The molecular formula is C14H21BrO3. The fourth-order valence-corrected chi connectivity index (χ4v) is 2.57. The van der Waals surface area contributed by atoms with Crippen molar-refractivity contribution in [1.29, 1.82) is 0 Å². The molecule has 102 valence electrons. The molecule has 0 saturated heterocycles. The average Bonchev–Trinajstić information content (AvgIpc) is 2.37. The fourth-order valence-electron chi connectivity index (χ4n) is 2.02. The van der Waals surface area contributed by atoms with Crippen LogP contribution in [0.15, 0.2) is 16.6 Å². The summed E-state index contributed by atoms with van der Waals surface area (Å²) in [6, 6.07) is 3.66. The van der Waals surface area contributed by atoms with Crippen molar-refractivity contribution in [2.45, 2.75) is 32.8 Å². The normalized spacial score (nSPS) is 14.1. The lowest BCUT2D eigenvalue weighted by Gasteiger charge is -2.21. The van der Waals surface area contributed by atoms with E-state index in [0.717, 1.165) is 22.9 Å². The minimum atomic E-state index is -0.501. The van der Waals surface area contributed by atoms with E-state index in [1.54, 1.807) is 14.2 Å². The molecule has 0 bridgehead atoms. The van der Waals surface area contributed by atoms with Crippen LogP contribution in [-0.4, -0.2) is 19.3 Å². The molecule has 2 unspecified atom stereocenters. The van der Waals surface area contributed by atoms with Gasteiger partial charge in [0.15, 0.2) is 11.5 Å². The lowest BCUT2D eigenvalue weighted by molar-refractivity contribution is 0.111. The van der Waals surface area contributed by atoms with E-state index < -0.39 is 6.10 Å². The molecule has 1 N–H and O–H groups in total.